The molecule has 11 heavy (non-hydrogen) atoms. The van der Waals surface area contributed by atoms with Crippen LogP contribution in [0.5, 0.6) is 0 Å². The van der Waals surface area contributed by atoms with Crippen molar-refractivity contribution in [2.45, 2.75) is 12.5 Å². The third kappa shape index (κ3) is 2.42. The number of nitrogens with one attached hydrogen (secondary N) is 1. The molecular formula is C6H9NO3S. The third-order valence-electron chi connectivity index (χ3n) is 1.42. The van der Waals surface area contributed by atoms with Crippen LogP contribution in [-0.4, -0.2) is 34.5 Å². The van der Waals surface area contributed by atoms with Gasteiger partial charge in [0.1, 0.15) is 6.04 Å². The Hall–Kier alpha value is -0.710. The summed E-state index contributed by atoms with van der Waals surface area (Å²) in [5, 5.41) is 11.0. The second-order valence-corrected chi connectivity index (χ2v) is 3.40. The van der Waals surface area contributed by atoms with Crippen molar-refractivity contribution < 1.29 is 14.7 Å². The van der Waals surface area contributed by atoms with Crippen LogP contribution in [0.1, 0.15) is 6.42 Å². The average molecular weight is 175 g/mol. The molecule has 1 heterocycles. The molecule has 1 saturated heterocycles. The first-order chi connectivity index (χ1) is 5.20. The second kappa shape index (κ2) is 3.61. The fourth-order valence-electron chi connectivity index (χ4n) is 0.859. The quantitative estimate of drug-likeness (QED) is 0.574. The minimum absolute atomic E-state index is 0.181. The lowest BCUT2D eigenvalue weighted by atomic mass is 10.2. The van der Waals surface area contributed by atoms with Crippen molar-refractivity contribution in [1.82, 2.24) is 5.32 Å². The fourth-order valence-corrected chi connectivity index (χ4v) is 1.67. The minimum Gasteiger partial charge on any atom is -0.480 e. The van der Waals surface area contributed by atoms with E-state index in [2.05, 4.69) is 5.32 Å². The molecular weight excluding hydrogens is 166 g/mol. The number of amides is 1. The summed E-state index contributed by atoms with van der Waals surface area (Å²) in [6.07, 6.45) is 0.520. The van der Waals surface area contributed by atoms with Gasteiger partial charge in [-0.25, -0.2) is 4.79 Å². The number of hydrogen-bond donors (Lipinski definition) is 2. The van der Waals surface area contributed by atoms with Gasteiger partial charge < -0.3 is 10.4 Å². The minimum atomic E-state index is -0.944. The number of rotatable bonds is 1. The lowest BCUT2D eigenvalue weighted by Gasteiger charge is -2.08. The van der Waals surface area contributed by atoms with Crippen LogP contribution < -0.4 is 5.32 Å². The number of carbonyl (C=O) groups excluding carboxylic acids is 1. The summed E-state index contributed by atoms with van der Waals surface area (Å²) in [6.45, 7) is 0. The largest absolute Gasteiger partial charge is 0.480 e. The number of aliphatic carboxylic acids is 1. The zero-order chi connectivity index (χ0) is 8.27. The molecule has 1 aliphatic rings. The van der Waals surface area contributed by atoms with E-state index in [1.165, 1.54) is 11.8 Å². The van der Waals surface area contributed by atoms with Crippen molar-refractivity contribution in [3.8, 4) is 0 Å². The maximum atomic E-state index is 10.8. The molecule has 0 aliphatic carbocycles. The normalized spacial score (nSPS) is 25.5. The Morgan fingerprint density at radius 2 is 2.45 bits per heavy atom. The second-order valence-electron chi connectivity index (χ2n) is 2.30. The molecule has 1 unspecified atom stereocenters. The van der Waals surface area contributed by atoms with E-state index in [1.807, 2.05) is 0 Å². The molecule has 1 fully saturated rings. The van der Waals surface area contributed by atoms with Crippen molar-refractivity contribution in [3.63, 3.8) is 0 Å². The van der Waals surface area contributed by atoms with Gasteiger partial charge in [-0.2, -0.15) is 11.8 Å². The highest BCUT2D eigenvalue weighted by Gasteiger charge is 2.21. The first-order valence-corrected chi connectivity index (χ1v) is 4.45. The molecule has 0 aromatic rings. The molecule has 1 amide bonds. The highest BCUT2D eigenvalue weighted by molar-refractivity contribution is 7.99. The van der Waals surface area contributed by atoms with E-state index in [4.69, 9.17) is 5.11 Å². The van der Waals surface area contributed by atoms with E-state index in [9.17, 15) is 9.59 Å². The summed E-state index contributed by atoms with van der Waals surface area (Å²) < 4.78 is 0. The summed E-state index contributed by atoms with van der Waals surface area (Å²) in [5.74, 6) is -0.0137. The number of hydrogen-bond acceptors (Lipinski definition) is 3. The van der Waals surface area contributed by atoms with Gasteiger partial charge in [-0.15, -0.1) is 0 Å². The van der Waals surface area contributed by atoms with Crippen LogP contribution >= 0.6 is 11.8 Å². The molecule has 0 spiro atoms. The maximum absolute atomic E-state index is 10.8. The number of carboxylic acid groups (broad SMARTS) is 1. The molecule has 62 valence electrons. The summed E-state index contributed by atoms with van der Waals surface area (Å²) in [6, 6.07) is -0.683. The van der Waals surface area contributed by atoms with Crippen LogP contribution in [0, 0.1) is 0 Å². The van der Waals surface area contributed by atoms with Crippen LogP contribution in [0.3, 0.4) is 0 Å². The average Bonchev–Trinajstić information content (AvgIpc) is 2.13. The van der Waals surface area contributed by atoms with Crippen molar-refractivity contribution >= 4 is 23.6 Å². The van der Waals surface area contributed by atoms with Crippen LogP contribution in [0.15, 0.2) is 0 Å². The highest BCUT2D eigenvalue weighted by Crippen LogP contribution is 2.09. The van der Waals surface area contributed by atoms with E-state index in [-0.39, 0.29) is 5.91 Å². The van der Waals surface area contributed by atoms with E-state index >= 15 is 0 Å². The van der Waals surface area contributed by atoms with Crippen LogP contribution in [-0.2, 0) is 9.59 Å². The Labute approximate surface area is 68.3 Å². The predicted molar refractivity (Wildman–Crippen MR) is 41.5 cm³/mol. The summed E-state index contributed by atoms with van der Waals surface area (Å²) >= 11 is 1.47. The molecule has 5 heteroatoms. The Kier molecular flexibility index (Phi) is 2.76. The number of carbonyl (C=O) groups is 2. The number of thioether (sulfide) groups is 1. The lowest BCUT2D eigenvalue weighted by molar-refractivity contribution is -0.141. The van der Waals surface area contributed by atoms with Gasteiger partial charge in [0.2, 0.25) is 5.91 Å². The van der Waals surface area contributed by atoms with Crippen molar-refractivity contribution in [2.75, 3.05) is 11.5 Å². The molecule has 0 radical (unpaired) electrons. The van der Waals surface area contributed by atoms with Gasteiger partial charge in [-0.05, 0) is 12.2 Å². The molecule has 1 aliphatic heterocycles. The SMILES string of the molecule is O=C1CSCCC(C(=O)O)N1. The van der Waals surface area contributed by atoms with Crippen LogP contribution in [0.25, 0.3) is 0 Å². The molecule has 0 aromatic heterocycles. The Bertz CT molecular complexity index is 183. The van der Waals surface area contributed by atoms with Gasteiger partial charge in [-0.1, -0.05) is 0 Å². The van der Waals surface area contributed by atoms with Crippen molar-refractivity contribution in [1.29, 1.82) is 0 Å². The van der Waals surface area contributed by atoms with E-state index in [1.54, 1.807) is 0 Å². The summed E-state index contributed by atoms with van der Waals surface area (Å²) in [5.41, 5.74) is 0. The van der Waals surface area contributed by atoms with Crippen LogP contribution in [0.4, 0.5) is 0 Å². The standard InChI is InChI=1S/C6H9NO3S/c8-5-3-11-2-1-4(7-5)6(9)10/h4H,1-3H2,(H,7,8)(H,9,10). The topological polar surface area (TPSA) is 66.4 Å². The zero-order valence-electron chi connectivity index (χ0n) is 5.87. The zero-order valence-corrected chi connectivity index (χ0v) is 6.69. The molecule has 0 bridgehead atoms. The third-order valence-corrected chi connectivity index (χ3v) is 2.41. The summed E-state index contributed by atoms with van der Waals surface area (Å²) in [4.78, 5) is 21.2. The van der Waals surface area contributed by atoms with Crippen LogP contribution in [0.2, 0.25) is 0 Å². The van der Waals surface area contributed by atoms with E-state index in [0.29, 0.717) is 12.2 Å². The summed E-state index contributed by atoms with van der Waals surface area (Å²) in [7, 11) is 0. The van der Waals surface area contributed by atoms with Gasteiger partial charge >= 0.3 is 5.97 Å². The van der Waals surface area contributed by atoms with Crippen molar-refractivity contribution in [3.05, 3.63) is 0 Å². The number of carboxylic acids is 1. The van der Waals surface area contributed by atoms with Crippen molar-refractivity contribution in [2.24, 2.45) is 0 Å². The Balaban J connectivity index is 2.52. The molecule has 0 saturated carbocycles. The van der Waals surface area contributed by atoms with Gasteiger partial charge in [0, 0.05) is 0 Å². The molecule has 1 rings (SSSR count). The van der Waals surface area contributed by atoms with E-state index in [0.717, 1.165) is 5.75 Å². The Morgan fingerprint density at radius 1 is 1.73 bits per heavy atom. The lowest BCUT2D eigenvalue weighted by Crippen LogP contribution is -2.40. The highest BCUT2D eigenvalue weighted by atomic mass is 32.2. The first kappa shape index (κ1) is 8.39. The first-order valence-electron chi connectivity index (χ1n) is 3.30. The maximum Gasteiger partial charge on any atom is 0.326 e. The van der Waals surface area contributed by atoms with Gasteiger partial charge in [0.05, 0.1) is 5.75 Å². The molecule has 0 aromatic carbocycles. The monoisotopic (exact) mass is 175 g/mol. The van der Waals surface area contributed by atoms with Gasteiger partial charge in [0.15, 0.2) is 0 Å². The fraction of sp³-hybridized carbons (Fsp3) is 0.667. The molecule has 1 atom stereocenters. The van der Waals surface area contributed by atoms with Gasteiger partial charge in [0.25, 0.3) is 0 Å². The molecule has 2 N–H and O–H groups in total. The Morgan fingerprint density at radius 3 is 3.09 bits per heavy atom. The predicted octanol–water partition coefficient (Wildman–Crippen LogP) is -0.307. The van der Waals surface area contributed by atoms with Gasteiger partial charge in [-0.3, -0.25) is 4.79 Å². The molecule has 4 nitrogen and oxygen atoms in total. The smallest absolute Gasteiger partial charge is 0.326 e. The van der Waals surface area contributed by atoms with E-state index < -0.39 is 12.0 Å².